The molecular weight excluding hydrogens is 379 g/mol. The average Bonchev–Trinajstić information content (AvgIpc) is 3.10. The molecular formula is C18H18F3N3O2S. The van der Waals surface area contributed by atoms with E-state index in [-0.39, 0.29) is 22.8 Å². The van der Waals surface area contributed by atoms with Gasteiger partial charge >= 0.3 is 6.18 Å². The number of hydrogen-bond donors (Lipinski definition) is 2. The number of rotatable bonds is 4. The Morgan fingerprint density at radius 2 is 1.78 bits per heavy atom. The molecule has 2 aromatic rings. The Hall–Kier alpha value is -2.42. The highest BCUT2D eigenvalue weighted by Gasteiger charge is 2.35. The predicted molar refractivity (Wildman–Crippen MR) is 95.9 cm³/mol. The van der Waals surface area contributed by atoms with Gasteiger partial charge in [-0.3, -0.25) is 14.9 Å². The van der Waals surface area contributed by atoms with Crippen LogP contribution in [0.2, 0.25) is 0 Å². The topological polar surface area (TPSA) is 71.1 Å². The molecule has 2 amide bonds. The molecule has 0 aliphatic heterocycles. The third kappa shape index (κ3) is 4.85. The van der Waals surface area contributed by atoms with E-state index in [9.17, 15) is 22.8 Å². The number of anilines is 1. The summed E-state index contributed by atoms with van der Waals surface area (Å²) < 4.78 is 39.1. The molecule has 144 valence electrons. The van der Waals surface area contributed by atoms with Crippen molar-refractivity contribution in [3.8, 4) is 0 Å². The monoisotopic (exact) mass is 397 g/mol. The van der Waals surface area contributed by atoms with Crippen molar-refractivity contribution in [2.45, 2.75) is 44.3 Å². The molecule has 1 aromatic heterocycles. The number of nitrogens with zero attached hydrogens (tertiary/aromatic N) is 1. The van der Waals surface area contributed by atoms with Crippen molar-refractivity contribution in [1.82, 2.24) is 10.3 Å². The Labute approximate surface area is 158 Å². The van der Waals surface area contributed by atoms with Crippen LogP contribution in [0.25, 0.3) is 0 Å². The molecule has 0 spiro atoms. The van der Waals surface area contributed by atoms with Crippen molar-refractivity contribution in [2.24, 2.45) is 0 Å². The van der Waals surface area contributed by atoms with Crippen molar-refractivity contribution >= 4 is 28.3 Å². The second-order valence-corrected chi connectivity index (χ2v) is 7.20. The minimum absolute atomic E-state index is 0.0748. The van der Waals surface area contributed by atoms with Crippen LogP contribution in [0.5, 0.6) is 0 Å². The lowest BCUT2D eigenvalue weighted by atomic mass is 9.95. The number of nitrogens with one attached hydrogen (secondary N) is 2. The standard InChI is InChI=1S/C18H18F3N3O2S/c19-18(20,21)13-9-5-4-8-12(13)15(25)24-17-23-14(10-27-17)16(26)22-11-6-2-1-3-7-11/h4-5,8-11H,1-3,6-7H2,(H,22,26)(H,23,24,25). The van der Waals surface area contributed by atoms with Gasteiger partial charge < -0.3 is 5.32 Å². The molecule has 2 N–H and O–H groups in total. The van der Waals surface area contributed by atoms with E-state index < -0.39 is 23.2 Å². The molecule has 1 aliphatic rings. The molecule has 1 aliphatic carbocycles. The SMILES string of the molecule is O=C(NC1CCCCC1)c1csc(NC(=O)c2ccccc2C(F)(F)F)n1. The Morgan fingerprint density at radius 3 is 2.48 bits per heavy atom. The van der Waals surface area contributed by atoms with Crippen LogP contribution in [0.3, 0.4) is 0 Å². The highest BCUT2D eigenvalue weighted by Crippen LogP contribution is 2.32. The van der Waals surface area contributed by atoms with Crippen molar-refractivity contribution in [3.05, 3.63) is 46.5 Å². The first kappa shape index (κ1) is 19.3. The molecule has 1 aromatic carbocycles. The predicted octanol–water partition coefficient (Wildman–Crippen LogP) is 4.48. The van der Waals surface area contributed by atoms with E-state index in [0.717, 1.165) is 49.2 Å². The number of aromatic nitrogens is 1. The van der Waals surface area contributed by atoms with Gasteiger partial charge in [-0.2, -0.15) is 13.2 Å². The number of carbonyl (C=O) groups is 2. The first-order valence-electron chi connectivity index (χ1n) is 8.58. The molecule has 1 saturated carbocycles. The van der Waals surface area contributed by atoms with Gasteiger partial charge in [0.05, 0.1) is 11.1 Å². The van der Waals surface area contributed by atoms with Gasteiger partial charge in [-0.15, -0.1) is 11.3 Å². The second-order valence-electron chi connectivity index (χ2n) is 6.34. The average molecular weight is 397 g/mol. The van der Waals surface area contributed by atoms with Gasteiger partial charge in [0.1, 0.15) is 5.69 Å². The fourth-order valence-electron chi connectivity index (χ4n) is 3.03. The van der Waals surface area contributed by atoms with Gasteiger partial charge in [-0.05, 0) is 25.0 Å². The van der Waals surface area contributed by atoms with Gasteiger partial charge in [0.2, 0.25) is 0 Å². The third-order valence-electron chi connectivity index (χ3n) is 4.37. The zero-order valence-electron chi connectivity index (χ0n) is 14.3. The zero-order valence-corrected chi connectivity index (χ0v) is 15.1. The van der Waals surface area contributed by atoms with Crippen molar-refractivity contribution in [2.75, 3.05) is 5.32 Å². The molecule has 0 radical (unpaired) electrons. The normalized spacial score (nSPS) is 15.4. The molecule has 0 unspecified atom stereocenters. The minimum Gasteiger partial charge on any atom is -0.348 e. The molecule has 3 rings (SSSR count). The maximum Gasteiger partial charge on any atom is 0.417 e. The Balaban J connectivity index is 1.67. The Kier molecular flexibility index (Phi) is 5.79. The molecule has 0 bridgehead atoms. The van der Waals surface area contributed by atoms with Crippen LogP contribution >= 0.6 is 11.3 Å². The van der Waals surface area contributed by atoms with Crippen molar-refractivity contribution in [1.29, 1.82) is 0 Å². The van der Waals surface area contributed by atoms with E-state index in [4.69, 9.17) is 0 Å². The second kappa shape index (κ2) is 8.08. The van der Waals surface area contributed by atoms with E-state index in [1.54, 1.807) is 0 Å². The molecule has 5 nitrogen and oxygen atoms in total. The van der Waals surface area contributed by atoms with Crippen LogP contribution in [0.4, 0.5) is 18.3 Å². The first-order chi connectivity index (χ1) is 12.8. The lowest BCUT2D eigenvalue weighted by molar-refractivity contribution is -0.137. The Bertz CT molecular complexity index is 829. The molecule has 27 heavy (non-hydrogen) atoms. The summed E-state index contributed by atoms with van der Waals surface area (Å²) in [6, 6.07) is 4.64. The van der Waals surface area contributed by atoms with Crippen LogP contribution in [-0.4, -0.2) is 22.8 Å². The molecule has 0 saturated heterocycles. The highest BCUT2D eigenvalue weighted by atomic mass is 32.1. The third-order valence-corrected chi connectivity index (χ3v) is 5.13. The van der Waals surface area contributed by atoms with Crippen LogP contribution in [0.15, 0.2) is 29.6 Å². The van der Waals surface area contributed by atoms with Crippen LogP contribution in [0, 0.1) is 0 Å². The summed E-state index contributed by atoms with van der Waals surface area (Å²) >= 11 is 0.991. The molecule has 1 heterocycles. The summed E-state index contributed by atoms with van der Waals surface area (Å²) in [6.07, 6.45) is 0.520. The molecule has 9 heteroatoms. The number of halogens is 3. The van der Waals surface area contributed by atoms with E-state index in [0.29, 0.717) is 0 Å². The first-order valence-corrected chi connectivity index (χ1v) is 9.46. The van der Waals surface area contributed by atoms with Crippen molar-refractivity contribution in [3.63, 3.8) is 0 Å². The number of alkyl halides is 3. The van der Waals surface area contributed by atoms with Gasteiger partial charge in [0.15, 0.2) is 5.13 Å². The van der Waals surface area contributed by atoms with Crippen LogP contribution in [-0.2, 0) is 6.18 Å². The smallest absolute Gasteiger partial charge is 0.348 e. The summed E-state index contributed by atoms with van der Waals surface area (Å²) in [6.45, 7) is 0. The number of hydrogen-bond acceptors (Lipinski definition) is 4. The lowest BCUT2D eigenvalue weighted by Gasteiger charge is -2.22. The fourth-order valence-corrected chi connectivity index (χ4v) is 3.72. The number of thiazole rings is 1. The van der Waals surface area contributed by atoms with Crippen molar-refractivity contribution < 1.29 is 22.8 Å². The lowest BCUT2D eigenvalue weighted by Crippen LogP contribution is -2.36. The molecule has 0 atom stereocenters. The van der Waals surface area contributed by atoms with E-state index in [1.807, 2.05) is 0 Å². The Morgan fingerprint density at radius 1 is 1.07 bits per heavy atom. The maximum atomic E-state index is 13.0. The van der Waals surface area contributed by atoms with Gasteiger partial charge in [-0.1, -0.05) is 31.4 Å². The summed E-state index contributed by atoms with van der Waals surface area (Å²) in [5.74, 6) is -1.26. The summed E-state index contributed by atoms with van der Waals surface area (Å²) in [4.78, 5) is 28.5. The van der Waals surface area contributed by atoms with Gasteiger partial charge in [0, 0.05) is 11.4 Å². The number of carbonyl (C=O) groups excluding carboxylic acids is 2. The quantitative estimate of drug-likeness (QED) is 0.799. The number of amides is 2. The van der Waals surface area contributed by atoms with Gasteiger partial charge in [-0.25, -0.2) is 4.98 Å². The van der Waals surface area contributed by atoms with Crippen LogP contribution in [0.1, 0.15) is 58.5 Å². The van der Waals surface area contributed by atoms with E-state index in [2.05, 4.69) is 15.6 Å². The largest absolute Gasteiger partial charge is 0.417 e. The maximum absolute atomic E-state index is 13.0. The highest BCUT2D eigenvalue weighted by molar-refractivity contribution is 7.14. The summed E-state index contributed by atoms with van der Waals surface area (Å²) in [5, 5.41) is 6.79. The summed E-state index contributed by atoms with van der Waals surface area (Å²) in [5.41, 5.74) is -1.37. The number of benzene rings is 1. The van der Waals surface area contributed by atoms with Gasteiger partial charge in [0.25, 0.3) is 11.8 Å². The van der Waals surface area contributed by atoms with E-state index >= 15 is 0 Å². The zero-order chi connectivity index (χ0) is 19.4. The molecule has 1 fully saturated rings. The minimum atomic E-state index is -4.64. The summed E-state index contributed by atoms with van der Waals surface area (Å²) in [7, 11) is 0. The van der Waals surface area contributed by atoms with E-state index in [1.165, 1.54) is 23.9 Å². The van der Waals surface area contributed by atoms with Crippen LogP contribution < -0.4 is 10.6 Å². The fraction of sp³-hybridized carbons (Fsp3) is 0.389.